The SMILES string of the molecule is Cc1c(C)c2c(c(C)c1OP(=O)([O-])OC1=C(O)[C@@H]([C@@H](O)CO)OC1=O)CCC(C)(CCCC(C)CCCC(C)CCCC(C)C)O2.[K+]. The summed E-state index contributed by atoms with van der Waals surface area (Å²) in [6, 6.07) is 0. The maximum absolute atomic E-state index is 12.9. The first-order chi connectivity index (χ1) is 21.5. The number of esters is 1. The van der Waals surface area contributed by atoms with Crippen LogP contribution in [0.4, 0.5) is 0 Å². The average Bonchev–Trinajstić information content (AvgIpc) is 3.25. The standard InChI is InChI=1S/C35H57O10P.K/c1-21(2)12-9-13-22(3)14-10-15-23(4)16-11-18-35(8)19-17-27-26(7)30(24(5)25(6)31(27)43-35)44-46(40,41)45-33-29(38)32(28(37)20-36)42-34(33)39;/h21-23,28,32,36-38H,9-20H2,1-8H3,(H,40,41);/q;+1/p-1/t22?,23?,28-,32+,35?;/m0./s1. The molecule has 6 atom stereocenters. The molecule has 3 rings (SSSR count). The van der Waals surface area contributed by atoms with Gasteiger partial charge in [0.05, 0.1) is 6.61 Å². The molecule has 0 radical (unpaired) electrons. The summed E-state index contributed by atoms with van der Waals surface area (Å²) in [5.74, 6) is -0.170. The van der Waals surface area contributed by atoms with Gasteiger partial charge >= 0.3 is 65.2 Å². The fraction of sp³-hybridized carbons (Fsp3) is 0.743. The zero-order valence-electron chi connectivity index (χ0n) is 30.0. The molecule has 12 heteroatoms. The molecule has 0 aromatic heterocycles. The van der Waals surface area contributed by atoms with Crippen molar-refractivity contribution in [1.82, 2.24) is 0 Å². The number of fused-ring (bicyclic) bond motifs is 1. The third kappa shape index (κ3) is 11.7. The van der Waals surface area contributed by atoms with E-state index in [4.69, 9.17) is 23.6 Å². The van der Waals surface area contributed by atoms with Crippen LogP contribution in [-0.2, 0) is 25.0 Å². The fourth-order valence-corrected chi connectivity index (χ4v) is 7.46. The van der Waals surface area contributed by atoms with Crippen LogP contribution < -0.4 is 65.5 Å². The van der Waals surface area contributed by atoms with Gasteiger partial charge in [-0.1, -0.05) is 72.6 Å². The number of carbonyl (C=O) groups is 1. The maximum Gasteiger partial charge on any atom is 1.00 e. The van der Waals surface area contributed by atoms with Gasteiger partial charge in [0, 0.05) is 5.56 Å². The largest absolute Gasteiger partial charge is 1.00 e. The minimum Gasteiger partial charge on any atom is -0.736 e. The van der Waals surface area contributed by atoms with E-state index in [0.29, 0.717) is 23.5 Å². The molecule has 0 amide bonds. The predicted octanol–water partition coefficient (Wildman–Crippen LogP) is 4.05. The molecule has 4 unspecified atom stereocenters. The topological polar surface area (TPSA) is 155 Å². The van der Waals surface area contributed by atoms with Crippen LogP contribution in [0.3, 0.4) is 0 Å². The summed E-state index contributed by atoms with van der Waals surface area (Å²) in [4.78, 5) is 25.0. The van der Waals surface area contributed by atoms with Crippen molar-refractivity contribution in [2.24, 2.45) is 17.8 Å². The number of hydrogen-bond donors (Lipinski definition) is 3. The van der Waals surface area contributed by atoms with Crippen LogP contribution in [0.15, 0.2) is 11.5 Å². The number of carbonyl (C=O) groups excluding carboxylic acids is 1. The summed E-state index contributed by atoms with van der Waals surface area (Å²) in [7, 11) is -5.24. The second-order valence-corrected chi connectivity index (χ2v) is 15.6. The minimum absolute atomic E-state index is 0. The molecule has 0 fully saturated rings. The predicted molar refractivity (Wildman–Crippen MR) is 175 cm³/mol. The molecule has 0 saturated heterocycles. The normalized spacial score (nSPS) is 22.5. The van der Waals surface area contributed by atoms with Crippen LogP contribution in [0.2, 0.25) is 0 Å². The molecule has 0 spiro atoms. The number of aliphatic hydroxyl groups is 3. The molecule has 0 saturated carbocycles. The van der Waals surface area contributed by atoms with Crippen molar-refractivity contribution in [2.45, 2.75) is 144 Å². The Kier molecular flexibility index (Phi) is 16.8. The first kappa shape index (κ1) is 42.5. The molecule has 262 valence electrons. The van der Waals surface area contributed by atoms with E-state index in [1.807, 2.05) is 6.92 Å². The molecule has 3 N–H and O–H groups in total. The van der Waals surface area contributed by atoms with E-state index in [1.165, 1.54) is 38.5 Å². The molecule has 2 aliphatic rings. The number of phosphoric ester groups is 1. The van der Waals surface area contributed by atoms with Gasteiger partial charge in [0.15, 0.2) is 11.9 Å². The summed E-state index contributed by atoms with van der Waals surface area (Å²) in [5.41, 5.74) is 2.43. The number of hydrogen-bond acceptors (Lipinski definition) is 10. The van der Waals surface area contributed by atoms with Gasteiger partial charge in [-0.2, -0.15) is 0 Å². The summed E-state index contributed by atoms with van der Waals surface area (Å²) in [5, 5.41) is 29.0. The second-order valence-electron chi connectivity index (χ2n) is 14.3. The Balaban J connectivity index is 0.00000768. The van der Waals surface area contributed by atoms with Gasteiger partial charge < -0.3 is 38.7 Å². The Hall–Kier alpha value is -0.624. The number of cyclic esters (lactones) is 1. The van der Waals surface area contributed by atoms with Gasteiger partial charge in [0.2, 0.25) is 0 Å². The quantitative estimate of drug-likeness (QED) is 0.116. The van der Waals surface area contributed by atoms with Crippen LogP contribution in [0, 0.1) is 38.5 Å². The van der Waals surface area contributed by atoms with Gasteiger partial charge in [-0.25, -0.2) is 9.36 Å². The number of aliphatic hydroxyl groups excluding tert-OH is 3. The van der Waals surface area contributed by atoms with Crippen molar-refractivity contribution in [3.05, 3.63) is 33.8 Å². The van der Waals surface area contributed by atoms with Gasteiger partial charge in [-0.15, -0.1) is 0 Å². The van der Waals surface area contributed by atoms with Crippen molar-refractivity contribution in [3.63, 3.8) is 0 Å². The van der Waals surface area contributed by atoms with E-state index in [1.54, 1.807) is 13.8 Å². The number of rotatable bonds is 18. The molecule has 2 aliphatic heterocycles. The zero-order chi connectivity index (χ0) is 34.4. The van der Waals surface area contributed by atoms with Crippen molar-refractivity contribution in [3.8, 4) is 11.5 Å². The molecule has 0 aliphatic carbocycles. The van der Waals surface area contributed by atoms with Crippen LogP contribution >= 0.6 is 7.82 Å². The number of ether oxygens (including phenoxy) is 2. The smallest absolute Gasteiger partial charge is 0.736 e. The summed E-state index contributed by atoms with van der Waals surface area (Å²) in [6.07, 6.45) is 9.16. The third-order valence-corrected chi connectivity index (χ3v) is 10.5. The van der Waals surface area contributed by atoms with Crippen LogP contribution in [-0.4, -0.2) is 45.7 Å². The molecule has 10 nitrogen and oxygen atoms in total. The summed E-state index contributed by atoms with van der Waals surface area (Å²) in [6.45, 7) is 16.0. The van der Waals surface area contributed by atoms with Gasteiger partial charge in [0.25, 0.3) is 5.76 Å². The molecular formula is C35H56KO10P. The fourth-order valence-electron chi connectivity index (χ4n) is 6.54. The second kappa shape index (κ2) is 18.6. The molecule has 1 aromatic carbocycles. The first-order valence-corrected chi connectivity index (χ1v) is 18.4. The Morgan fingerprint density at radius 2 is 1.53 bits per heavy atom. The van der Waals surface area contributed by atoms with E-state index in [2.05, 4.69) is 34.6 Å². The van der Waals surface area contributed by atoms with E-state index < -0.39 is 44.1 Å². The Morgan fingerprint density at radius 1 is 0.957 bits per heavy atom. The molecule has 47 heavy (non-hydrogen) atoms. The molecule has 0 bridgehead atoms. The Morgan fingerprint density at radius 3 is 2.11 bits per heavy atom. The van der Waals surface area contributed by atoms with Gasteiger partial charge in [0.1, 0.15) is 23.2 Å². The molecule has 1 aromatic rings. The summed E-state index contributed by atoms with van der Waals surface area (Å²) >= 11 is 0. The van der Waals surface area contributed by atoms with Gasteiger partial charge in [-0.05, 0) is 87.8 Å². The zero-order valence-corrected chi connectivity index (χ0v) is 34.0. The third-order valence-electron chi connectivity index (χ3n) is 9.70. The minimum atomic E-state index is -5.24. The van der Waals surface area contributed by atoms with Gasteiger partial charge in [-0.3, -0.25) is 0 Å². The first-order valence-electron chi connectivity index (χ1n) is 16.9. The maximum atomic E-state index is 12.9. The van der Waals surface area contributed by atoms with E-state index >= 15 is 0 Å². The Labute approximate surface area is 324 Å². The van der Waals surface area contributed by atoms with Crippen LogP contribution in [0.5, 0.6) is 11.5 Å². The van der Waals surface area contributed by atoms with Crippen molar-refractivity contribution < 1.29 is 99.5 Å². The monoisotopic (exact) mass is 706 g/mol. The van der Waals surface area contributed by atoms with E-state index in [9.17, 15) is 24.5 Å². The van der Waals surface area contributed by atoms with E-state index in [-0.39, 0.29) is 62.7 Å². The van der Waals surface area contributed by atoms with E-state index in [0.717, 1.165) is 54.4 Å². The average molecular weight is 707 g/mol. The summed E-state index contributed by atoms with van der Waals surface area (Å²) < 4.78 is 34.5. The Bertz CT molecular complexity index is 1300. The van der Waals surface area contributed by atoms with Crippen LogP contribution in [0.1, 0.15) is 121 Å². The van der Waals surface area contributed by atoms with Crippen molar-refractivity contribution >= 4 is 13.8 Å². The van der Waals surface area contributed by atoms with Crippen LogP contribution in [0.25, 0.3) is 0 Å². The molecular weight excluding hydrogens is 650 g/mol. The number of benzene rings is 1. The molecule has 2 heterocycles. The van der Waals surface area contributed by atoms with Crippen molar-refractivity contribution in [1.29, 1.82) is 0 Å². The van der Waals surface area contributed by atoms with Crippen molar-refractivity contribution in [2.75, 3.05) is 6.61 Å². The number of phosphoric acid groups is 1.